The van der Waals surface area contributed by atoms with Crippen molar-refractivity contribution in [3.05, 3.63) is 0 Å². The van der Waals surface area contributed by atoms with Crippen molar-refractivity contribution in [3.8, 4) is 0 Å². The maximum Gasteiger partial charge on any atom is 1.00 e. The topological polar surface area (TPSA) is 133 Å². The van der Waals surface area contributed by atoms with E-state index >= 15 is 0 Å². The van der Waals surface area contributed by atoms with Crippen molar-refractivity contribution in [2.75, 3.05) is 6.61 Å². The molecule has 0 heterocycles. The minimum Gasteiger partial charge on any atom is -0.809 e. The van der Waals surface area contributed by atoms with Gasteiger partial charge in [-0.15, -0.1) is 0 Å². The number of rotatable bonds is 17. The molecule has 1 N–H and O–H groups in total. The number of aliphatic hydroxyl groups excluding tert-OH is 1. The molecule has 0 aliphatic rings. The first-order valence-corrected chi connectivity index (χ1v) is 12.6. The van der Waals surface area contributed by atoms with E-state index in [1.54, 1.807) is 0 Å². The second-order valence-corrected chi connectivity index (χ2v) is 10.3. The summed E-state index contributed by atoms with van der Waals surface area (Å²) in [6, 6.07) is 0. The van der Waals surface area contributed by atoms with Gasteiger partial charge in [0.15, 0.2) is 7.60 Å². The summed E-state index contributed by atoms with van der Waals surface area (Å²) in [5, 5.41) is 8.93. The summed E-state index contributed by atoms with van der Waals surface area (Å²) >= 11 is 0. The van der Waals surface area contributed by atoms with E-state index in [2.05, 4.69) is 11.4 Å². The predicted octanol–water partition coefficient (Wildman–Crippen LogP) is -6.15. The molecule has 7 nitrogen and oxygen atoms in total. The van der Waals surface area contributed by atoms with E-state index in [0.717, 1.165) is 25.7 Å². The van der Waals surface area contributed by atoms with Crippen molar-refractivity contribution in [2.45, 2.75) is 96.0 Å². The molecule has 0 saturated carbocycles. The van der Waals surface area contributed by atoms with E-state index in [9.17, 15) is 23.8 Å². The first kappa shape index (κ1) is 38.5. The molecule has 0 aromatic heterocycles. The molecule has 0 bridgehead atoms. The van der Waals surface area contributed by atoms with Crippen LogP contribution in [0.2, 0.25) is 0 Å². The van der Waals surface area contributed by atoms with Gasteiger partial charge in [0.2, 0.25) is 0 Å². The molecule has 0 aromatic rings. The normalized spacial score (nSPS) is 14.2. The molecule has 0 fully saturated rings. The molecular formula is C16H33Na3O7P2. The summed E-state index contributed by atoms with van der Waals surface area (Å²) in [5.74, 6) is 0. The van der Waals surface area contributed by atoms with Crippen LogP contribution in [0.3, 0.4) is 0 Å². The third kappa shape index (κ3) is 22.5. The summed E-state index contributed by atoms with van der Waals surface area (Å²) < 4.78 is 26.2. The Bertz CT molecular complexity index is 425. The Morgan fingerprint density at radius 1 is 0.714 bits per heavy atom. The number of aliphatic hydroxyl groups is 1. The smallest absolute Gasteiger partial charge is 0.809 e. The fourth-order valence-corrected chi connectivity index (χ4v) is 4.65. The van der Waals surface area contributed by atoms with Gasteiger partial charge in [-0.2, -0.15) is 0 Å². The van der Waals surface area contributed by atoms with E-state index in [1.165, 1.54) is 51.4 Å². The van der Waals surface area contributed by atoms with Crippen molar-refractivity contribution in [1.82, 2.24) is 0 Å². The second-order valence-electron chi connectivity index (χ2n) is 6.50. The molecule has 28 heavy (non-hydrogen) atoms. The molecule has 2 unspecified atom stereocenters. The Labute approximate surface area is 237 Å². The third-order valence-electron chi connectivity index (χ3n) is 4.08. The molecule has 152 valence electrons. The fraction of sp³-hybridized carbons (Fsp3) is 1.00. The van der Waals surface area contributed by atoms with Crippen LogP contribution in [0.5, 0.6) is 0 Å². The van der Waals surface area contributed by atoms with Crippen LogP contribution < -0.4 is 103 Å². The van der Waals surface area contributed by atoms with E-state index in [1.807, 2.05) is 0 Å². The minimum absolute atomic E-state index is 0. The standard InChI is InChI=1S/C16H36O7P2.3Na/c1-2-3-4-5-6-7-8-9-10-11-12-13-14-15-23-25(21,22)16(17)24(18,19)20;;;/h16-17H,2-15H2,1H3,(H,21,22)(H2,18,19,20);;;/q;3*+1/p-3. The van der Waals surface area contributed by atoms with Crippen LogP contribution in [0, 0.1) is 0 Å². The molecule has 0 aromatic carbocycles. The van der Waals surface area contributed by atoms with Crippen LogP contribution in [0.15, 0.2) is 0 Å². The SMILES string of the molecule is CCCCCCCCCCCCCCCOP(=O)([O-])C(O)P(=O)([O-])[O-].[Na+].[Na+].[Na+]. The molecule has 0 saturated heterocycles. The van der Waals surface area contributed by atoms with Crippen LogP contribution in [0.4, 0.5) is 0 Å². The van der Waals surface area contributed by atoms with Crippen LogP contribution in [-0.2, 0) is 13.7 Å². The first-order chi connectivity index (χ1) is 11.7. The van der Waals surface area contributed by atoms with Crippen LogP contribution in [0.25, 0.3) is 0 Å². The Balaban J connectivity index is -0.000000960. The van der Waals surface area contributed by atoms with Crippen molar-refractivity contribution in [2.24, 2.45) is 0 Å². The van der Waals surface area contributed by atoms with Gasteiger partial charge in [-0.1, -0.05) is 84.0 Å². The zero-order valence-electron chi connectivity index (χ0n) is 18.3. The zero-order valence-corrected chi connectivity index (χ0v) is 26.1. The number of hydrogen-bond donors (Lipinski definition) is 1. The molecular weight excluding hydrogens is 435 g/mol. The van der Waals surface area contributed by atoms with Crippen LogP contribution in [0.1, 0.15) is 90.4 Å². The van der Waals surface area contributed by atoms with Crippen LogP contribution >= 0.6 is 15.2 Å². The van der Waals surface area contributed by atoms with E-state index in [0.29, 0.717) is 6.42 Å². The summed E-state index contributed by atoms with van der Waals surface area (Å²) in [5.41, 5.74) is -3.00. The molecule has 0 radical (unpaired) electrons. The average Bonchev–Trinajstić information content (AvgIpc) is 2.53. The molecule has 0 spiro atoms. The van der Waals surface area contributed by atoms with Gasteiger partial charge in [0.1, 0.15) is 5.59 Å². The minimum atomic E-state index is -5.61. The summed E-state index contributed by atoms with van der Waals surface area (Å²) in [6.45, 7) is 2.00. The predicted molar refractivity (Wildman–Crippen MR) is 92.9 cm³/mol. The van der Waals surface area contributed by atoms with Gasteiger partial charge in [0.25, 0.3) is 0 Å². The third-order valence-corrected chi connectivity index (χ3v) is 7.46. The summed E-state index contributed by atoms with van der Waals surface area (Å²) in [4.78, 5) is 32.3. The number of unbranched alkanes of at least 4 members (excludes halogenated alkanes) is 12. The van der Waals surface area contributed by atoms with Crippen molar-refractivity contribution >= 4 is 15.2 Å². The van der Waals surface area contributed by atoms with E-state index in [4.69, 9.17) is 5.11 Å². The van der Waals surface area contributed by atoms with Gasteiger partial charge in [-0.05, 0) is 14.0 Å². The molecule has 0 rings (SSSR count). The summed E-state index contributed by atoms with van der Waals surface area (Å²) in [7, 11) is -10.7. The van der Waals surface area contributed by atoms with E-state index in [-0.39, 0.29) is 95.3 Å². The van der Waals surface area contributed by atoms with E-state index < -0.39 is 20.8 Å². The Morgan fingerprint density at radius 2 is 1.04 bits per heavy atom. The maximum atomic E-state index is 11.3. The van der Waals surface area contributed by atoms with Gasteiger partial charge < -0.3 is 33.4 Å². The molecule has 0 amide bonds. The monoisotopic (exact) mass is 468 g/mol. The molecule has 0 aliphatic carbocycles. The number of hydrogen-bond acceptors (Lipinski definition) is 7. The Kier molecular flexibility index (Phi) is 32.2. The molecule has 2 atom stereocenters. The van der Waals surface area contributed by atoms with Crippen molar-refractivity contribution < 1.29 is 122 Å². The Hall–Kier alpha value is 3.26. The maximum absolute atomic E-state index is 11.3. The first-order valence-electron chi connectivity index (χ1n) is 9.37. The van der Waals surface area contributed by atoms with Gasteiger partial charge >= 0.3 is 88.7 Å². The van der Waals surface area contributed by atoms with Crippen LogP contribution in [-0.4, -0.2) is 17.3 Å². The van der Waals surface area contributed by atoms with Gasteiger partial charge in [0, 0.05) is 0 Å². The second kappa shape index (κ2) is 23.4. The Morgan fingerprint density at radius 3 is 1.36 bits per heavy atom. The average molecular weight is 468 g/mol. The quantitative estimate of drug-likeness (QED) is 0.128. The summed E-state index contributed by atoms with van der Waals surface area (Å²) in [6.07, 6.45) is 14.8. The van der Waals surface area contributed by atoms with Gasteiger partial charge in [-0.25, -0.2) is 0 Å². The fourth-order valence-electron chi connectivity index (χ4n) is 2.55. The van der Waals surface area contributed by atoms with Gasteiger partial charge in [-0.3, -0.25) is 0 Å². The van der Waals surface area contributed by atoms with Crippen molar-refractivity contribution in [1.29, 1.82) is 0 Å². The van der Waals surface area contributed by atoms with Crippen molar-refractivity contribution in [3.63, 3.8) is 0 Å². The molecule has 12 heteroatoms. The molecule has 0 aliphatic heterocycles. The zero-order chi connectivity index (χ0) is 19.2. The largest absolute Gasteiger partial charge is 1.00 e. The van der Waals surface area contributed by atoms with Gasteiger partial charge in [0.05, 0.1) is 6.61 Å².